The van der Waals surface area contributed by atoms with E-state index in [4.69, 9.17) is 9.47 Å². The number of ether oxygens (including phenoxy) is 2. The molecule has 160 valence electrons. The molecule has 0 bridgehead atoms. The molecule has 10 nitrogen and oxygen atoms in total. The maximum absolute atomic E-state index is 12.5. The van der Waals surface area contributed by atoms with E-state index in [0.29, 0.717) is 11.3 Å². The summed E-state index contributed by atoms with van der Waals surface area (Å²) in [5.74, 6) is -0.382. The molecule has 0 saturated heterocycles. The van der Waals surface area contributed by atoms with Gasteiger partial charge < -0.3 is 20.1 Å². The number of methoxy groups -OCH3 is 2. The Kier molecular flexibility index (Phi) is 6.51. The van der Waals surface area contributed by atoms with Gasteiger partial charge >= 0.3 is 0 Å². The summed E-state index contributed by atoms with van der Waals surface area (Å²) in [6.07, 6.45) is 0. The van der Waals surface area contributed by atoms with Crippen LogP contribution in [0.1, 0.15) is 10.4 Å². The van der Waals surface area contributed by atoms with Crippen LogP contribution >= 0.6 is 0 Å². The molecule has 0 radical (unpaired) electrons. The summed E-state index contributed by atoms with van der Waals surface area (Å²) in [4.78, 5) is 48.0. The number of hydrogen-bond donors (Lipinski definition) is 3. The van der Waals surface area contributed by atoms with Crippen LogP contribution in [0.4, 0.5) is 11.4 Å². The molecule has 2 aromatic carbocycles. The highest BCUT2D eigenvalue weighted by Crippen LogP contribution is 2.36. The van der Waals surface area contributed by atoms with Gasteiger partial charge in [-0.25, -0.2) is 4.68 Å². The lowest BCUT2D eigenvalue weighted by Gasteiger charge is -2.16. The van der Waals surface area contributed by atoms with Crippen molar-refractivity contribution in [3.05, 3.63) is 80.9 Å². The number of hydrogen-bond acceptors (Lipinski definition) is 6. The van der Waals surface area contributed by atoms with Crippen LogP contribution in [0.15, 0.2) is 64.2 Å². The van der Waals surface area contributed by atoms with Gasteiger partial charge in [0.15, 0.2) is 0 Å². The molecule has 0 aliphatic heterocycles. The second-order valence-corrected chi connectivity index (χ2v) is 6.35. The lowest BCUT2D eigenvalue weighted by molar-refractivity contribution is -0.117. The summed E-state index contributed by atoms with van der Waals surface area (Å²) >= 11 is 0. The van der Waals surface area contributed by atoms with Crippen LogP contribution in [0.3, 0.4) is 0 Å². The minimum absolute atomic E-state index is 0.256. The summed E-state index contributed by atoms with van der Waals surface area (Å²) in [7, 11) is 2.82. The Morgan fingerprint density at radius 3 is 2.13 bits per heavy atom. The van der Waals surface area contributed by atoms with Crippen molar-refractivity contribution in [1.29, 1.82) is 0 Å². The van der Waals surface area contributed by atoms with Crippen molar-refractivity contribution >= 4 is 23.2 Å². The fourth-order valence-corrected chi connectivity index (χ4v) is 2.79. The first kappa shape index (κ1) is 21.4. The molecule has 2 amide bonds. The zero-order valence-corrected chi connectivity index (χ0v) is 16.8. The number of rotatable bonds is 7. The molecular formula is C21H20N4O6. The van der Waals surface area contributed by atoms with Gasteiger partial charge in [0.25, 0.3) is 17.0 Å². The second kappa shape index (κ2) is 9.44. The van der Waals surface area contributed by atoms with Gasteiger partial charge in [-0.05, 0) is 12.1 Å². The molecular weight excluding hydrogens is 404 g/mol. The highest BCUT2D eigenvalue weighted by atomic mass is 16.5. The van der Waals surface area contributed by atoms with Crippen LogP contribution in [-0.2, 0) is 11.3 Å². The summed E-state index contributed by atoms with van der Waals surface area (Å²) in [6, 6.07) is 13.8. The smallest absolute Gasteiger partial charge is 0.265 e. The lowest BCUT2D eigenvalue weighted by Crippen LogP contribution is -2.32. The fourth-order valence-electron chi connectivity index (χ4n) is 2.79. The molecule has 1 heterocycles. The highest BCUT2D eigenvalue weighted by Gasteiger charge is 2.16. The number of aromatic nitrogens is 2. The zero-order valence-electron chi connectivity index (χ0n) is 16.8. The Morgan fingerprint density at radius 2 is 1.52 bits per heavy atom. The third-order valence-corrected chi connectivity index (χ3v) is 4.27. The number of amides is 2. The highest BCUT2D eigenvalue weighted by molar-refractivity contribution is 6.05. The van der Waals surface area contributed by atoms with Gasteiger partial charge in [0.1, 0.15) is 18.0 Å². The minimum Gasteiger partial charge on any atom is -0.494 e. The molecule has 0 aliphatic rings. The van der Waals surface area contributed by atoms with Crippen molar-refractivity contribution in [1.82, 2.24) is 9.78 Å². The molecule has 3 aromatic rings. The van der Waals surface area contributed by atoms with Gasteiger partial charge in [0.05, 0.1) is 25.6 Å². The quantitative estimate of drug-likeness (QED) is 0.526. The minimum atomic E-state index is -0.578. The van der Waals surface area contributed by atoms with Crippen molar-refractivity contribution in [2.75, 3.05) is 24.9 Å². The average molecular weight is 424 g/mol. The molecule has 0 saturated carbocycles. The van der Waals surface area contributed by atoms with Crippen molar-refractivity contribution in [2.45, 2.75) is 6.54 Å². The standard InChI is InChI=1S/C21H20N4O6/c1-30-16-11-15(23-21(29)13-6-4-3-5-7-13)17(31-2)10-14(16)22-19(27)12-25-20(28)9-8-18(26)24-25/h3-11H,12H2,1-2H3,(H,22,27)(H,23,29)(H,24,26). The number of anilines is 2. The van der Waals surface area contributed by atoms with Gasteiger partial charge in [-0.15, -0.1) is 0 Å². The molecule has 31 heavy (non-hydrogen) atoms. The van der Waals surface area contributed by atoms with Crippen LogP contribution in [0, 0.1) is 0 Å². The van der Waals surface area contributed by atoms with Crippen LogP contribution < -0.4 is 31.2 Å². The first-order chi connectivity index (χ1) is 14.9. The maximum atomic E-state index is 12.5. The van der Waals surface area contributed by atoms with E-state index in [0.717, 1.165) is 16.8 Å². The van der Waals surface area contributed by atoms with E-state index in [2.05, 4.69) is 15.7 Å². The average Bonchev–Trinajstić information content (AvgIpc) is 2.77. The van der Waals surface area contributed by atoms with Crippen molar-refractivity contribution < 1.29 is 19.1 Å². The Balaban J connectivity index is 1.83. The third kappa shape index (κ3) is 5.18. The molecule has 3 N–H and O–H groups in total. The Hall–Kier alpha value is -4.34. The Morgan fingerprint density at radius 1 is 0.903 bits per heavy atom. The van der Waals surface area contributed by atoms with Gasteiger partial charge in [-0.3, -0.25) is 24.3 Å². The van der Waals surface area contributed by atoms with Crippen molar-refractivity contribution in [3.8, 4) is 11.5 Å². The first-order valence-electron chi connectivity index (χ1n) is 9.13. The summed E-state index contributed by atoms with van der Waals surface area (Å²) < 4.78 is 11.5. The number of carbonyl (C=O) groups excluding carboxylic acids is 2. The molecule has 3 rings (SSSR count). The van der Waals surface area contributed by atoms with E-state index in [1.807, 2.05) is 0 Å². The van der Waals surface area contributed by atoms with Crippen LogP contribution in [0.5, 0.6) is 11.5 Å². The van der Waals surface area contributed by atoms with E-state index >= 15 is 0 Å². The third-order valence-electron chi connectivity index (χ3n) is 4.27. The van der Waals surface area contributed by atoms with E-state index in [9.17, 15) is 19.2 Å². The Labute approximate surface area is 176 Å². The number of nitrogens with one attached hydrogen (secondary N) is 3. The predicted octanol–water partition coefficient (Wildman–Crippen LogP) is 1.44. The SMILES string of the molecule is COc1cc(NC(=O)c2ccccc2)c(OC)cc1NC(=O)Cn1[nH]c(=O)ccc1=O. The summed E-state index contributed by atoms with van der Waals surface area (Å²) in [5.41, 5.74) is 0.0230. The number of carbonyl (C=O) groups is 2. The normalized spacial score (nSPS) is 10.3. The van der Waals surface area contributed by atoms with Gasteiger partial charge in [-0.1, -0.05) is 18.2 Å². The van der Waals surface area contributed by atoms with Crippen LogP contribution in [0.2, 0.25) is 0 Å². The lowest BCUT2D eigenvalue weighted by atomic mass is 10.2. The zero-order chi connectivity index (χ0) is 22.4. The van der Waals surface area contributed by atoms with Gasteiger partial charge in [-0.2, -0.15) is 0 Å². The number of benzene rings is 2. The largest absolute Gasteiger partial charge is 0.494 e. The number of H-pyrrole nitrogens is 1. The van der Waals surface area contributed by atoms with E-state index in [1.165, 1.54) is 26.4 Å². The molecule has 0 fully saturated rings. The maximum Gasteiger partial charge on any atom is 0.265 e. The van der Waals surface area contributed by atoms with Gasteiger partial charge in [0, 0.05) is 29.8 Å². The molecule has 0 atom stereocenters. The number of aromatic amines is 1. The number of nitrogens with zero attached hydrogens (tertiary/aromatic N) is 1. The van der Waals surface area contributed by atoms with Crippen molar-refractivity contribution in [2.24, 2.45) is 0 Å². The first-order valence-corrected chi connectivity index (χ1v) is 9.13. The van der Waals surface area contributed by atoms with Crippen molar-refractivity contribution in [3.63, 3.8) is 0 Å². The second-order valence-electron chi connectivity index (χ2n) is 6.35. The molecule has 0 aliphatic carbocycles. The van der Waals surface area contributed by atoms with E-state index < -0.39 is 23.6 Å². The van der Waals surface area contributed by atoms with E-state index in [1.54, 1.807) is 30.3 Å². The molecule has 1 aromatic heterocycles. The topological polar surface area (TPSA) is 132 Å². The fraction of sp³-hybridized carbons (Fsp3) is 0.143. The molecule has 0 spiro atoms. The monoisotopic (exact) mass is 424 g/mol. The molecule has 0 unspecified atom stereocenters. The summed E-state index contributed by atoms with van der Waals surface area (Å²) in [5, 5.41) is 7.62. The molecule has 10 heteroatoms. The van der Waals surface area contributed by atoms with Crippen LogP contribution in [-0.4, -0.2) is 35.8 Å². The van der Waals surface area contributed by atoms with Gasteiger partial charge in [0.2, 0.25) is 5.91 Å². The Bertz CT molecular complexity index is 1220. The predicted molar refractivity (Wildman–Crippen MR) is 114 cm³/mol. The van der Waals surface area contributed by atoms with Crippen LogP contribution in [0.25, 0.3) is 0 Å². The van der Waals surface area contributed by atoms with E-state index in [-0.39, 0.29) is 23.1 Å². The summed E-state index contributed by atoms with van der Waals surface area (Å²) in [6.45, 7) is -0.410.